The molecule has 4 heteroatoms. The van der Waals surface area contributed by atoms with Crippen molar-refractivity contribution in [3.05, 3.63) is 35.9 Å². The Hall–Kier alpha value is -1.39. The van der Waals surface area contributed by atoms with E-state index in [0.29, 0.717) is 0 Å². The van der Waals surface area contributed by atoms with Crippen molar-refractivity contribution in [1.82, 2.24) is 5.32 Å². The summed E-state index contributed by atoms with van der Waals surface area (Å²) in [6, 6.07) is 9.41. The Morgan fingerprint density at radius 1 is 1.45 bits per heavy atom. The van der Waals surface area contributed by atoms with Crippen LogP contribution in [0.5, 0.6) is 0 Å². The SMILES string of the molecule is CCO[C@H]1C[C@H](N[C@@H](C(N)=O)c2ccccc2)C1(C)C. The molecule has 2 rings (SSSR count). The predicted octanol–water partition coefficient (Wildman–Crippen LogP) is 2.01. The molecular formula is C16H24N2O2. The van der Waals surface area contributed by atoms with Gasteiger partial charge >= 0.3 is 0 Å². The summed E-state index contributed by atoms with van der Waals surface area (Å²) in [7, 11) is 0. The van der Waals surface area contributed by atoms with Gasteiger partial charge in [-0.15, -0.1) is 0 Å². The minimum Gasteiger partial charge on any atom is -0.378 e. The summed E-state index contributed by atoms with van der Waals surface area (Å²) >= 11 is 0. The van der Waals surface area contributed by atoms with Crippen LogP contribution in [0, 0.1) is 5.41 Å². The highest BCUT2D eigenvalue weighted by Gasteiger charge is 2.49. The van der Waals surface area contributed by atoms with Crippen molar-refractivity contribution in [3.63, 3.8) is 0 Å². The summed E-state index contributed by atoms with van der Waals surface area (Å²) in [5, 5.41) is 3.39. The summed E-state index contributed by atoms with van der Waals surface area (Å²) in [6.45, 7) is 7.06. The minimum atomic E-state index is -0.442. The standard InChI is InChI=1S/C16H24N2O2/c1-4-20-13-10-12(16(13,2)3)18-14(15(17)19)11-8-6-5-7-9-11/h5-9,12-14,18H,4,10H2,1-3H3,(H2,17,19)/t12-,13-,14+/m0/s1. The monoisotopic (exact) mass is 276 g/mol. The average Bonchev–Trinajstić information content (AvgIpc) is 2.42. The number of hydrogen-bond acceptors (Lipinski definition) is 3. The van der Waals surface area contributed by atoms with Crippen LogP contribution in [0.2, 0.25) is 0 Å². The molecule has 0 radical (unpaired) electrons. The van der Waals surface area contributed by atoms with Gasteiger partial charge in [-0.25, -0.2) is 0 Å². The lowest BCUT2D eigenvalue weighted by Crippen LogP contribution is -2.62. The molecule has 1 amide bonds. The van der Waals surface area contributed by atoms with E-state index in [0.717, 1.165) is 18.6 Å². The van der Waals surface area contributed by atoms with Gasteiger partial charge in [0.2, 0.25) is 5.91 Å². The first-order valence-electron chi connectivity index (χ1n) is 7.18. The third-order valence-corrected chi connectivity index (χ3v) is 4.33. The van der Waals surface area contributed by atoms with E-state index in [1.807, 2.05) is 37.3 Å². The molecule has 110 valence electrons. The van der Waals surface area contributed by atoms with Gasteiger partial charge in [0.15, 0.2) is 0 Å². The number of nitrogens with two attached hydrogens (primary N) is 1. The van der Waals surface area contributed by atoms with Crippen molar-refractivity contribution in [2.45, 2.75) is 45.4 Å². The van der Waals surface area contributed by atoms with Crippen molar-refractivity contribution in [3.8, 4) is 0 Å². The number of carbonyl (C=O) groups excluding carboxylic acids is 1. The van der Waals surface area contributed by atoms with E-state index in [4.69, 9.17) is 10.5 Å². The Bertz CT molecular complexity index is 459. The molecule has 1 aromatic carbocycles. The maximum Gasteiger partial charge on any atom is 0.239 e. The van der Waals surface area contributed by atoms with E-state index >= 15 is 0 Å². The second-order valence-corrected chi connectivity index (χ2v) is 5.97. The number of nitrogens with one attached hydrogen (secondary N) is 1. The molecule has 0 unspecified atom stereocenters. The van der Waals surface area contributed by atoms with Gasteiger partial charge in [0.1, 0.15) is 6.04 Å². The van der Waals surface area contributed by atoms with E-state index < -0.39 is 6.04 Å². The lowest BCUT2D eigenvalue weighted by molar-refractivity contribution is -0.129. The zero-order valence-electron chi connectivity index (χ0n) is 12.4. The molecule has 1 fully saturated rings. The van der Waals surface area contributed by atoms with Gasteiger partial charge < -0.3 is 10.5 Å². The Morgan fingerprint density at radius 3 is 2.60 bits per heavy atom. The molecular weight excluding hydrogens is 252 g/mol. The van der Waals surface area contributed by atoms with Gasteiger partial charge in [-0.1, -0.05) is 44.2 Å². The maximum absolute atomic E-state index is 11.7. The van der Waals surface area contributed by atoms with Gasteiger partial charge in [-0.05, 0) is 18.9 Å². The molecule has 3 N–H and O–H groups in total. The topological polar surface area (TPSA) is 64.3 Å². The van der Waals surface area contributed by atoms with Crippen LogP contribution in [-0.4, -0.2) is 24.7 Å². The van der Waals surface area contributed by atoms with Crippen molar-refractivity contribution in [2.24, 2.45) is 11.1 Å². The molecule has 4 nitrogen and oxygen atoms in total. The molecule has 1 aliphatic carbocycles. The van der Waals surface area contributed by atoms with Crippen LogP contribution in [0.3, 0.4) is 0 Å². The first-order chi connectivity index (χ1) is 9.46. The van der Waals surface area contributed by atoms with E-state index in [9.17, 15) is 4.79 Å². The second kappa shape index (κ2) is 5.94. The Kier molecular flexibility index (Phi) is 4.45. The molecule has 0 saturated heterocycles. The summed E-state index contributed by atoms with van der Waals surface area (Å²) in [5.74, 6) is -0.341. The number of amides is 1. The zero-order valence-corrected chi connectivity index (χ0v) is 12.4. The Morgan fingerprint density at radius 2 is 2.10 bits per heavy atom. The van der Waals surface area contributed by atoms with Crippen LogP contribution >= 0.6 is 0 Å². The molecule has 1 aromatic rings. The molecule has 0 aromatic heterocycles. The number of hydrogen-bond donors (Lipinski definition) is 2. The summed E-state index contributed by atoms with van der Waals surface area (Å²) in [5.41, 5.74) is 6.47. The van der Waals surface area contributed by atoms with Crippen LogP contribution in [0.1, 0.15) is 38.8 Å². The lowest BCUT2D eigenvalue weighted by Gasteiger charge is -2.52. The molecule has 0 aliphatic heterocycles. The third kappa shape index (κ3) is 2.86. The van der Waals surface area contributed by atoms with Crippen LogP contribution in [0.15, 0.2) is 30.3 Å². The van der Waals surface area contributed by atoms with Crippen LogP contribution in [-0.2, 0) is 9.53 Å². The molecule has 0 heterocycles. The summed E-state index contributed by atoms with van der Waals surface area (Å²) in [6.07, 6.45) is 1.16. The van der Waals surface area contributed by atoms with Gasteiger partial charge in [-0.2, -0.15) is 0 Å². The molecule has 3 atom stereocenters. The maximum atomic E-state index is 11.7. The predicted molar refractivity (Wildman–Crippen MR) is 79.1 cm³/mol. The largest absolute Gasteiger partial charge is 0.378 e. The molecule has 1 aliphatic rings. The van der Waals surface area contributed by atoms with E-state index in [-0.39, 0.29) is 23.5 Å². The van der Waals surface area contributed by atoms with Crippen molar-refractivity contribution in [2.75, 3.05) is 6.61 Å². The van der Waals surface area contributed by atoms with Gasteiger partial charge in [0.05, 0.1) is 6.10 Å². The molecule has 20 heavy (non-hydrogen) atoms. The van der Waals surface area contributed by atoms with E-state index in [1.165, 1.54) is 0 Å². The first-order valence-corrected chi connectivity index (χ1v) is 7.18. The lowest BCUT2D eigenvalue weighted by atomic mass is 9.64. The zero-order chi connectivity index (χ0) is 14.8. The highest BCUT2D eigenvalue weighted by Crippen LogP contribution is 2.43. The van der Waals surface area contributed by atoms with Crippen LogP contribution in [0.4, 0.5) is 0 Å². The molecule has 0 bridgehead atoms. The van der Waals surface area contributed by atoms with E-state index in [2.05, 4.69) is 19.2 Å². The normalized spacial score (nSPS) is 25.8. The van der Waals surface area contributed by atoms with Crippen molar-refractivity contribution < 1.29 is 9.53 Å². The summed E-state index contributed by atoms with van der Waals surface area (Å²) in [4.78, 5) is 11.7. The number of benzene rings is 1. The van der Waals surface area contributed by atoms with Crippen LogP contribution in [0.25, 0.3) is 0 Å². The Labute approximate surface area is 120 Å². The summed E-state index contributed by atoms with van der Waals surface area (Å²) < 4.78 is 5.71. The smallest absolute Gasteiger partial charge is 0.239 e. The fourth-order valence-corrected chi connectivity index (χ4v) is 2.84. The molecule has 1 saturated carbocycles. The van der Waals surface area contributed by atoms with Crippen molar-refractivity contribution in [1.29, 1.82) is 0 Å². The quantitative estimate of drug-likeness (QED) is 0.835. The Balaban J connectivity index is 2.06. The van der Waals surface area contributed by atoms with Gasteiger partial charge in [-0.3, -0.25) is 10.1 Å². The molecule has 0 spiro atoms. The van der Waals surface area contributed by atoms with Crippen LogP contribution < -0.4 is 11.1 Å². The number of ether oxygens (including phenoxy) is 1. The minimum absolute atomic E-state index is 0.0124. The first kappa shape index (κ1) is 15.0. The van der Waals surface area contributed by atoms with Gasteiger partial charge in [0.25, 0.3) is 0 Å². The highest BCUT2D eigenvalue weighted by molar-refractivity contribution is 5.81. The van der Waals surface area contributed by atoms with Gasteiger partial charge in [0, 0.05) is 18.1 Å². The fourth-order valence-electron chi connectivity index (χ4n) is 2.84. The van der Waals surface area contributed by atoms with Crippen molar-refractivity contribution >= 4 is 5.91 Å². The average molecular weight is 276 g/mol. The fraction of sp³-hybridized carbons (Fsp3) is 0.562. The number of carbonyl (C=O) groups is 1. The van der Waals surface area contributed by atoms with E-state index in [1.54, 1.807) is 0 Å². The highest BCUT2D eigenvalue weighted by atomic mass is 16.5. The second-order valence-electron chi connectivity index (χ2n) is 5.97. The number of rotatable bonds is 6. The third-order valence-electron chi connectivity index (χ3n) is 4.33. The number of primary amides is 1.